The molecular weight excluding hydrogens is 354 g/mol. The topological polar surface area (TPSA) is 68.9 Å². The molecule has 0 radical (unpaired) electrons. The van der Waals surface area contributed by atoms with E-state index in [4.69, 9.17) is 20.8 Å². The number of rotatable bonds is 2. The van der Waals surface area contributed by atoms with Crippen LogP contribution in [-0.2, 0) is 9.53 Å². The molecule has 128 valence electrons. The first-order chi connectivity index (χ1) is 12.5. The average molecular weight is 366 g/mol. The fourth-order valence-electron chi connectivity index (χ4n) is 2.68. The number of aliphatic imine (C=N–C) groups is 1. The van der Waals surface area contributed by atoms with Gasteiger partial charge in [-0.15, -0.1) is 0 Å². The number of cyclic esters (lactones) is 1. The number of ether oxygens (including phenoxy) is 1. The van der Waals surface area contributed by atoms with Gasteiger partial charge in [0.15, 0.2) is 11.1 Å². The van der Waals surface area contributed by atoms with Gasteiger partial charge in [-0.05, 0) is 43.3 Å². The van der Waals surface area contributed by atoms with Crippen LogP contribution in [-0.4, -0.2) is 11.9 Å². The van der Waals surface area contributed by atoms with Crippen LogP contribution in [0.5, 0.6) is 0 Å². The molecule has 0 amide bonds. The molecule has 0 bridgehead atoms. The quantitative estimate of drug-likeness (QED) is 0.506. The Hall–Kier alpha value is -3.18. The molecule has 6 heteroatoms. The van der Waals surface area contributed by atoms with E-state index in [1.807, 2.05) is 25.1 Å². The molecule has 5 nitrogen and oxygen atoms in total. The van der Waals surface area contributed by atoms with Crippen molar-refractivity contribution in [2.45, 2.75) is 6.92 Å². The molecule has 4 rings (SSSR count). The lowest BCUT2D eigenvalue weighted by Gasteiger charge is -1.99. The molecule has 2 aromatic carbocycles. The van der Waals surface area contributed by atoms with Gasteiger partial charge in [0, 0.05) is 10.6 Å². The summed E-state index contributed by atoms with van der Waals surface area (Å²) in [6.45, 7) is 1.93. The minimum atomic E-state index is -0.618. The van der Waals surface area contributed by atoms with E-state index in [1.54, 1.807) is 18.2 Å². The first-order valence-electron chi connectivity index (χ1n) is 7.82. The number of nitrogens with zero attached hydrogens (tertiary/aromatic N) is 1. The highest BCUT2D eigenvalue weighted by Gasteiger charge is 2.24. The van der Waals surface area contributed by atoms with Gasteiger partial charge < -0.3 is 9.15 Å². The highest BCUT2D eigenvalue weighted by Crippen LogP contribution is 2.21. The molecule has 0 N–H and O–H groups in total. The zero-order valence-electron chi connectivity index (χ0n) is 13.7. The van der Waals surface area contributed by atoms with E-state index in [0.717, 1.165) is 5.56 Å². The van der Waals surface area contributed by atoms with Gasteiger partial charge in [0.25, 0.3) is 0 Å². The normalized spacial score (nSPS) is 15.4. The highest BCUT2D eigenvalue weighted by molar-refractivity contribution is 6.31. The second-order valence-corrected chi connectivity index (χ2v) is 6.30. The van der Waals surface area contributed by atoms with E-state index in [0.29, 0.717) is 21.6 Å². The number of benzene rings is 2. The molecule has 0 saturated carbocycles. The minimum Gasteiger partial charge on any atom is -0.463 e. The predicted octanol–water partition coefficient (Wildman–Crippen LogP) is 4.10. The number of carbonyl (C=O) groups excluding carboxylic acids is 1. The fraction of sp³-hybridized carbons (Fsp3) is 0.0500. The molecule has 0 atom stereocenters. The molecule has 1 aromatic heterocycles. The number of aryl methyl sites for hydroxylation is 1. The van der Waals surface area contributed by atoms with Crippen LogP contribution in [0.1, 0.15) is 16.7 Å². The molecule has 2 heterocycles. The van der Waals surface area contributed by atoms with Crippen LogP contribution in [0.4, 0.5) is 0 Å². The number of carbonyl (C=O) groups is 1. The van der Waals surface area contributed by atoms with Crippen LogP contribution in [0.3, 0.4) is 0 Å². The fourth-order valence-corrected chi connectivity index (χ4v) is 2.85. The largest absolute Gasteiger partial charge is 0.463 e. The van der Waals surface area contributed by atoms with Gasteiger partial charge >= 0.3 is 5.97 Å². The van der Waals surface area contributed by atoms with E-state index in [1.165, 1.54) is 18.4 Å². The van der Waals surface area contributed by atoms with Crippen molar-refractivity contribution < 1.29 is 13.9 Å². The number of halogens is 1. The Kier molecular flexibility index (Phi) is 3.93. The first kappa shape index (κ1) is 16.3. The summed E-state index contributed by atoms with van der Waals surface area (Å²) >= 11 is 5.94. The Balaban J connectivity index is 1.79. The summed E-state index contributed by atoms with van der Waals surface area (Å²) in [7, 11) is 0. The predicted molar refractivity (Wildman–Crippen MR) is 99.3 cm³/mol. The Morgan fingerprint density at radius 3 is 2.77 bits per heavy atom. The lowest BCUT2D eigenvalue weighted by molar-refractivity contribution is -0.129. The van der Waals surface area contributed by atoms with Crippen molar-refractivity contribution in [2.24, 2.45) is 4.99 Å². The first-order valence-corrected chi connectivity index (χ1v) is 8.20. The SMILES string of the molecule is Cc1cccc(C2=N/C(=C/c3coc4ccc(Cl)cc4c3=O)C(=O)O2)c1. The van der Waals surface area contributed by atoms with Gasteiger partial charge in [0.1, 0.15) is 11.8 Å². The zero-order valence-corrected chi connectivity index (χ0v) is 14.4. The highest BCUT2D eigenvalue weighted by atomic mass is 35.5. The average Bonchev–Trinajstić information content (AvgIpc) is 2.99. The zero-order chi connectivity index (χ0) is 18.3. The summed E-state index contributed by atoms with van der Waals surface area (Å²) in [5.41, 5.74) is 2.06. The third-order valence-corrected chi connectivity index (χ3v) is 4.17. The minimum absolute atomic E-state index is 0.0372. The van der Waals surface area contributed by atoms with Crippen molar-refractivity contribution in [1.82, 2.24) is 0 Å². The number of esters is 1. The van der Waals surface area contributed by atoms with E-state index in [9.17, 15) is 9.59 Å². The number of hydrogen-bond acceptors (Lipinski definition) is 5. The maximum absolute atomic E-state index is 12.6. The van der Waals surface area contributed by atoms with Gasteiger partial charge in [-0.3, -0.25) is 4.79 Å². The summed E-state index contributed by atoms with van der Waals surface area (Å²) in [4.78, 5) is 28.9. The van der Waals surface area contributed by atoms with E-state index in [2.05, 4.69) is 4.99 Å². The van der Waals surface area contributed by atoms with Crippen LogP contribution < -0.4 is 5.43 Å². The molecule has 0 fully saturated rings. The van der Waals surface area contributed by atoms with Crippen LogP contribution in [0, 0.1) is 6.92 Å². The second-order valence-electron chi connectivity index (χ2n) is 5.87. The summed E-state index contributed by atoms with van der Waals surface area (Å²) < 4.78 is 10.7. The van der Waals surface area contributed by atoms with Crippen LogP contribution in [0.2, 0.25) is 5.02 Å². The van der Waals surface area contributed by atoms with Gasteiger partial charge in [0.05, 0.1) is 10.9 Å². The Labute approximate surface area is 153 Å². The van der Waals surface area contributed by atoms with Crippen LogP contribution in [0.15, 0.2) is 68.6 Å². The van der Waals surface area contributed by atoms with Crippen molar-refractivity contribution in [3.05, 3.63) is 86.4 Å². The van der Waals surface area contributed by atoms with Gasteiger partial charge in [0.2, 0.25) is 5.90 Å². The van der Waals surface area contributed by atoms with E-state index >= 15 is 0 Å². The van der Waals surface area contributed by atoms with Crippen molar-refractivity contribution in [3.63, 3.8) is 0 Å². The number of hydrogen-bond donors (Lipinski definition) is 0. The van der Waals surface area contributed by atoms with Crippen molar-refractivity contribution >= 4 is 40.5 Å². The standard InChI is InChI=1S/C20H12ClNO4/c1-11-3-2-4-12(7-11)19-22-16(20(24)26-19)8-13-10-25-17-6-5-14(21)9-15(17)18(13)23/h2-10H,1H3/b16-8+. The summed E-state index contributed by atoms with van der Waals surface area (Å²) in [6.07, 6.45) is 2.65. The molecule has 0 spiro atoms. The third kappa shape index (κ3) is 2.93. The smallest absolute Gasteiger partial charge is 0.363 e. The molecule has 1 aliphatic heterocycles. The van der Waals surface area contributed by atoms with Crippen molar-refractivity contribution in [2.75, 3.05) is 0 Å². The lowest BCUT2D eigenvalue weighted by atomic mass is 10.1. The Morgan fingerprint density at radius 1 is 1.12 bits per heavy atom. The Morgan fingerprint density at radius 2 is 1.96 bits per heavy atom. The van der Waals surface area contributed by atoms with Crippen molar-refractivity contribution in [3.8, 4) is 0 Å². The maximum Gasteiger partial charge on any atom is 0.363 e. The lowest BCUT2D eigenvalue weighted by Crippen LogP contribution is -2.07. The Bertz CT molecular complexity index is 1170. The van der Waals surface area contributed by atoms with Crippen LogP contribution in [0.25, 0.3) is 17.0 Å². The molecule has 26 heavy (non-hydrogen) atoms. The molecule has 0 unspecified atom stereocenters. The van der Waals surface area contributed by atoms with E-state index in [-0.39, 0.29) is 22.6 Å². The van der Waals surface area contributed by atoms with Crippen molar-refractivity contribution in [1.29, 1.82) is 0 Å². The summed E-state index contributed by atoms with van der Waals surface area (Å²) in [5.74, 6) is -0.412. The van der Waals surface area contributed by atoms with Gasteiger partial charge in [-0.2, -0.15) is 0 Å². The van der Waals surface area contributed by atoms with Gasteiger partial charge in [-0.1, -0.05) is 29.3 Å². The monoisotopic (exact) mass is 365 g/mol. The second kappa shape index (κ2) is 6.28. The van der Waals surface area contributed by atoms with Gasteiger partial charge in [-0.25, -0.2) is 9.79 Å². The summed E-state index contributed by atoms with van der Waals surface area (Å²) in [6, 6.07) is 12.2. The molecular formula is C20H12ClNO4. The molecule has 1 aliphatic rings. The summed E-state index contributed by atoms with van der Waals surface area (Å²) in [5, 5.41) is 0.760. The van der Waals surface area contributed by atoms with Crippen LogP contribution >= 0.6 is 11.6 Å². The number of fused-ring (bicyclic) bond motifs is 1. The maximum atomic E-state index is 12.6. The molecule has 0 saturated heterocycles. The van der Waals surface area contributed by atoms with E-state index < -0.39 is 5.97 Å². The third-order valence-electron chi connectivity index (χ3n) is 3.94. The molecule has 0 aliphatic carbocycles. The molecule has 3 aromatic rings.